The molecule has 0 fully saturated rings. The molecule has 0 radical (unpaired) electrons. The van der Waals surface area contributed by atoms with E-state index in [4.69, 9.17) is 16.0 Å². The van der Waals surface area contributed by atoms with Gasteiger partial charge in [-0.1, -0.05) is 23.7 Å². The Morgan fingerprint density at radius 1 is 1.24 bits per heavy atom. The molecule has 9 nitrogen and oxygen atoms in total. The molecule has 1 heterocycles. The van der Waals surface area contributed by atoms with Crippen molar-refractivity contribution >= 4 is 47.3 Å². The average Bonchev–Trinajstić information content (AvgIpc) is 3.04. The maximum Gasteiger partial charge on any atom is 0.337 e. The van der Waals surface area contributed by atoms with Gasteiger partial charge in [-0.25, -0.2) is 9.78 Å². The summed E-state index contributed by atoms with van der Waals surface area (Å²) in [7, 11) is 0. The molecule has 0 spiro atoms. The Labute approximate surface area is 168 Å². The zero-order valence-electron chi connectivity index (χ0n) is 14.5. The van der Waals surface area contributed by atoms with Crippen molar-refractivity contribution in [3.8, 4) is 5.95 Å². The number of nitro benzene ring substituents is 1. The first-order chi connectivity index (χ1) is 13.8. The first kappa shape index (κ1) is 19.8. The molecule has 146 valence electrons. The van der Waals surface area contributed by atoms with Crippen LogP contribution in [0.15, 0.2) is 51.9 Å². The Kier molecular flexibility index (Phi) is 5.70. The zero-order chi connectivity index (χ0) is 21.0. The number of oxazole rings is 1. The summed E-state index contributed by atoms with van der Waals surface area (Å²) in [6, 6.07) is 10.0. The van der Waals surface area contributed by atoms with E-state index in [9.17, 15) is 25.1 Å². The molecule has 2 N–H and O–H groups in total. The molecule has 3 aromatic rings. The number of aromatic nitrogens is 1. The van der Waals surface area contributed by atoms with Crippen LogP contribution in [0.3, 0.4) is 0 Å². The molecule has 0 saturated carbocycles. The summed E-state index contributed by atoms with van der Waals surface area (Å²) >= 11 is 5.87. The van der Waals surface area contributed by atoms with Gasteiger partial charge >= 0.3 is 11.9 Å². The van der Waals surface area contributed by atoms with E-state index in [0.717, 1.165) is 6.21 Å². The Morgan fingerprint density at radius 3 is 2.76 bits per heavy atom. The van der Waals surface area contributed by atoms with Crippen LogP contribution in [0.2, 0.25) is 5.02 Å². The van der Waals surface area contributed by atoms with Crippen LogP contribution < -0.4 is 0 Å². The van der Waals surface area contributed by atoms with Crippen LogP contribution in [-0.4, -0.2) is 32.3 Å². The van der Waals surface area contributed by atoms with E-state index in [-0.39, 0.29) is 28.5 Å². The van der Waals surface area contributed by atoms with Gasteiger partial charge in [-0.05, 0) is 29.8 Å². The van der Waals surface area contributed by atoms with Crippen molar-refractivity contribution in [1.29, 1.82) is 0 Å². The summed E-state index contributed by atoms with van der Waals surface area (Å²) in [4.78, 5) is 29.6. The van der Waals surface area contributed by atoms with E-state index in [2.05, 4.69) is 9.98 Å². The van der Waals surface area contributed by atoms with E-state index in [1.165, 1.54) is 48.6 Å². The molecule has 10 heteroatoms. The maximum absolute atomic E-state index is 11.2. The molecule has 0 saturated heterocycles. The lowest BCUT2D eigenvalue weighted by atomic mass is 10.2. The number of hydrogen-bond donors (Lipinski definition) is 2. The quantitative estimate of drug-likeness (QED) is 0.343. The molecule has 1 aromatic heterocycles. The van der Waals surface area contributed by atoms with Gasteiger partial charge in [0, 0.05) is 23.2 Å². The minimum atomic E-state index is -1.18. The molecule has 0 amide bonds. The number of carbonyl (C=O) groups is 1. The second-order valence-electron chi connectivity index (χ2n) is 5.65. The van der Waals surface area contributed by atoms with Crippen LogP contribution >= 0.6 is 11.6 Å². The average molecular weight is 414 g/mol. The molecular formula is C19H12ClN3O6. The number of carboxylic acids is 1. The van der Waals surface area contributed by atoms with Crippen molar-refractivity contribution in [1.82, 2.24) is 4.98 Å². The highest BCUT2D eigenvalue weighted by molar-refractivity contribution is 6.31. The lowest BCUT2D eigenvalue weighted by Gasteiger charge is -2.00. The number of aliphatic imine (C=N–C) groups is 1. The molecule has 3 rings (SSSR count). The van der Waals surface area contributed by atoms with Gasteiger partial charge in [0.05, 0.1) is 22.4 Å². The second-order valence-corrected chi connectivity index (χ2v) is 6.09. The fourth-order valence-electron chi connectivity index (χ4n) is 2.33. The number of carboxylic acid groups (broad SMARTS) is 1. The van der Waals surface area contributed by atoms with Gasteiger partial charge in [-0.2, -0.15) is 0 Å². The molecule has 0 atom stereocenters. The van der Waals surface area contributed by atoms with Crippen LogP contribution in [0.1, 0.15) is 27.5 Å². The van der Waals surface area contributed by atoms with E-state index in [1.807, 2.05) is 0 Å². The van der Waals surface area contributed by atoms with Gasteiger partial charge in [0.25, 0.3) is 5.69 Å². The summed E-state index contributed by atoms with van der Waals surface area (Å²) in [5, 5.41) is 30.2. The zero-order valence-corrected chi connectivity index (χ0v) is 15.3. The number of hydrogen-bond acceptors (Lipinski definition) is 7. The SMILES string of the molecule is O=C(O)c1ccc(Cl)cc1N=Cc1nc(C=Cc2cccc([N+](=O)[O-])c2)oc1O. The number of nitrogens with zero attached hydrogens (tertiary/aromatic N) is 3. The topological polar surface area (TPSA) is 139 Å². The van der Waals surface area contributed by atoms with E-state index in [1.54, 1.807) is 6.07 Å². The number of aromatic carboxylic acids is 1. The molecule has 0 aliphatic carbocycles. The van der Waals surface area contributed by atoms with Crippen molar-refractivity contribution in [2.75, 3.05) is 0 Å². The fraction of sp³-hybridized carbons (Fsp3) is 0. The van der Waals surface area contributed by atoms with Crippen LogP contribution in [0.4, 0.5) is 11.4 Å². The predicted octanol–water partition coefficient (Wildman–Crippen LogP) is 4.56. The monoisotopic (exact) mass is 413 g/mol. The van der Waals surface area contributed by atoms with Crippen LogP contribution in [0.5, 0.6) is 5.95 Å². The molecule has 29 heavy (non-hydrogen) atoms. The van der Waals surface area contributed by atoms with Gasteiger partial charge in [-0.3, -0.25) is 15.1 Å². The summed E-state index contributed by atoms with van der Waals surface area (Å²) < 4.78 is 5.09. The highest BCUT2D eigenvalue weighted by Crippen LogP contribution is 2.25. The third-order valence-electron chi connectivity index (χ3n) is 3.67. The smallest absolute Gasteiger partial charge is 0.337 e. The Balaban J connectivity index is 1.83. The van der Waals surface area contributed by atoms with Gasteiger partial charge in [0.15, 0.2) is 5.69 Å². The van der Waals surface area contributed by atoms with Gasteiger partial charge in [0.1, 0.15) is 0 Å². The molecule has 0 bridgehead atoms. The highest BCUT2D eigenvalue weighted by Gasteiger charge is 2.12. The van der Waals surface area contributed by atoms with E-state index < -0.39 is 16.8 Å². The van der Waals surface area contributed by atoms with Crippen LogP contribution in [0, 0.1) is 10.1 Å². The van der Waals surface area contributed by atoms with Crippen LogP contribution in [0.25, 0.3) is 12.2 Å². The lowest BCUT2D eigenvalue weighted by molar-refractivity contribution is -0.384. The van der Waals surface area contributed by atoms with Gasteiger partial charge < -0.3 is 14.6 Å². The largest absolute Gasteiger partial charge is 0.479 e. The van der Waals surface area contributed by atoms with E-state index in [0.29, 0.717) is 10.6 Å². The van der Waals surface area contributed by atoms with Crippen molar-refractivity contribution in [2.24, 2.45) is 4.99 Å². The van der Waals surface area contributed by atoms with Crippen molar-refractivity contribution in [3.05, 3.63) is 80.3 Å². The van der Waals surface area contributed by atoms with Crippen molar-refractivity contribution < 1.29 is 24.3 Å². The van der Waals surface area contributed by atoms with Crippen LogP contribution in [-0.2, 0) is 0 Å². The second kappa shape index (κ2) is 8.36. The van der Waals surface area contributed by atoms with E-state index >= 15 is 0 Å². The van der Waals surface area contributed by atoms with Crippen molar-refractivity contribution in [3.63, 3.8) is 0 Å². The molecular weight excluding hydrogens is 402 g/mol. The molecule has 0 unspecified atom stereocenters. The molecule has 2 aromatic carbocycles. The third-order valence-corrected chi connectivity index (χ3v) is 3.90. The summed E-state index contributed by atoms with van der Waals surface area (Å²) in [5.74, 6) is -1.68. The number of rotatable bonds is 6. The Hall–Kier alpha value is -3.98. The first-order valence-corrected chi connectivity index (χ1v) is 8.40. The van der Waals surface area contributed by atoms with Crippen molar-refractivity contribution in [2.45, 2.75) is 0 Å². The number of non-ortho nitro benzene ring substituents is 1. The third kappa shape index (κ3) is 4.85. The predicted molar refractivity (Wildman–Crippen MR) is 106 cm³/mol. The fourth-order valence-corrected chi connectivity index (χ4v) is 2.50. The molecule has 0 aliphatic rings. The normalized spacial score (nSPS) is 11.3. The van der Waals surface area contributed by atoms with Gasteiger partial charge in [0.2, 0.25) is 5.89 Å². The minimum Gasteiger partial charge on any atom is -0.479 e. The minimum absolute atomic E-state index is 0.0278. The Bertz CT molecular complexity index is 1150. The molecule has 0 aliphatic heterocycles. The Morgan fingerprint density at radius 2 is 2.03 bits per heavy atom. The summed E-state index contributed by atoms with van der Waals surface area (Å²) in [6.45, 7) is 0. The number of nitro groups is 1. The number of halogens is 1. The standard InChI is InChI=1S/C19H12ClN3O6/c20-12-5-6-14(18(24)25)15(9-12)21-10-16-19(26)29-17(22-16)7-4-11-2-1-3-13(8-11)23(27)28/h1-10,26H,(H,24,25). The number of benzene rings is 2. The summed E-state index contributed by atoms with van der Waals surface area (Å²) in [5.41, 5.74) is 0.462. The lowest BCUT2D eigenvalue weighted by Crippen LogP contribution is -1.96. The summed E-state index contributed by atoms with van der Waals surface area (Å²) in [6.07, 6.45) is 4.08. The highest BCUT2D eigenvalue weighted by atomic mass is 35.5. The maximum atomic E-state index is 11.2. The first-order valence-electron chi connectivity index (χ1n) is 8.03. The van der Waals surface area contributed by atoms with Gasteiger partial charge in [-0.15, -0.1) is 0 Å². The number of aromatic hydroxyl groups is 1.